The van der Waals surface area contributed by atoms with E-state index in [1.807, 2.05) is 0 Å². The van der Waals surface area contributed by atoms with Gasteiger partial charge in [-0.3, -0.25) is 9.55 Å². The zero-order chi connectivity index (χ0) is 22.3. The van der Waals surface area contributed by atoms with E-state index in [-0.39, 0.29) is 32.0 Å². The highest BCUT2D eigenvalue weighted by Crippen LogP contribution is 2.38. The van der Waals surface area contributed by atoms with E-state index < -0.39 is 33.6 Å². The number of alkyl halides is 6. The molecule has 0 unspecified atom stereocenters. The molecule has 0 aliphatic heterocycles. The van der Waals surface area contributed by atoms with Crippen LogP contribution in [-0.2, 0) is 22.3 Å². The van der Waals surface area contributed by atoms with Crippen molar-refractivity contribution in [2.45, 2.75) is 24.3 Å². The van der Waals surface area contributed by atoms with Gasteiger partial charge in [0.1, 0.15) is 0 Å². The van der Waals surface area contributed by atoms with Crippen LogP contribution in [0.3, 0.4) is 0 Å². The van der Waals surface area contributed by atoms with Crippen LogP contribution in [0.15, 0.2) is 59.8 Å². The molecular formula is C19H14F6N2O2S. The number of sulfone groups is 1. The summed E-state index contributed by atoms with van der Waals surface area (Å²) < 4.78 is 104. The number of hydrogen-bond acceptors (Lipinski definition) is 3. The van der Waals surface area contributed by atoms with Gasteiger partial charge in [0.15, 0.2) is 9.84 Å². The topological polar surface area (TPSA) is 52.0 Å². The van der Waals surface area contributed by atoms with Gasteiger partial charge in [0, 0.05) is 18.0 Å². The van der Waals surface area contributed by atoms with Crippen molar-refractivity contribution < 1.29 is 34.8 Å². The van der Waals surface area contributed by atoms with Crippen LogP contribution in [0.25, 0.3) is 22.5 Å². The Morgan fingerprint density at radius 3 is 2.30 bits per heavy atom. The summed E-state index contributed by atoms with van der Waals surface area (Å²) in [5.74, 6) is -0.311. The molecule has 0 atom stereocenters. The average molecular weight is 448 g/mol. The third-order valence-corrected chi connectivity index (χ3v) is 6.07. The number of hydrogen-bond donors (Lipinski definition) is 0. The van der Waals surface area contributed by atoms with E-state index in [1.165, 1.54) is 13.0 Å². The zero-order valence-electron chi connectivity index (χ0n) is 15.3. The minimum absolute atomic E-state index is 0.0412. The zero-order valence-corrected chi connectivity index (χ0v) is 16.1. The summed E-state index contributed by atoms with van der Waals surface area (Å²) >= 11 is 0. The van der Waals surface area contributed by atoms with Crippen LogP contribution in [0.5, 0.6) is 0 Å². The third kappa shape index (κ3) is 4.20. The lowest BCUT2D eigenvalue weighted by Gasteiger charge is -2.16. The van der Waals surface area contributed by atoms with E-state index in [0.29, 0.717) is 0 Å². The van der Waals surface area contributed by atoms with Gasteiger partial charge in [0.05, 0.1) is 27.6 Å². The van der Waals surface area contributed by atoms with Gasteiger partial charge in [0.2, 0.25) is 0 Å². The van der Waals surface area contributed by atoms with Crippen molar-refractivity contribution in [3.05, 3.63) is 60.4 Å². The van der Waals surface area contributed by atoms with Gasteiger partial charge >= 0.3 is 12.5 Å². The molecule has 3 rings (SSSR count). The molecule has 160 valence electrons. The fraction of sp³-hybridized carbons (Fsp3) is 0.211. The van der Waals surface area contributed by atoms with E-state index in [0.717, 1.165) is 48.8 Å². The minimum atomic E-state index is -4.81. The molecule has 0 fully saturated rings. The third-order valence-electron chi connectivity index (χ3n) is 4.37. The summed E-state index contributed by atoms with van der Waals surface area (Å²) in [7, 11) is -3.81. The molecule has 0 N–H and O–H groups in total. The molecule has 0 saturated carbocycles. The first-order chi connectivity index (χ1) is 13.8. The van der Waals surface area contributed by atoms with Crippen molar-refractivity contribution >= 4 is 9.84 Å². The minimum Gasteiger partial charge on any atom is -0.257 e. The van der Waals surface area contributed by atoms with Crippen LogP contribution in [0.4, 0.5) is 26.3 Å². The maximum absolute atomic E-state index is 13.3. The fourth-order valence-electron chi connectivity index (χ4n) is 2.86. The lowest BCUT2D eigenvalue weighted by molar-refractivity contribution is -0.202. The fourth-order valence-corrected chi connectivity index (χ4v) is 3.71. The monoisotopic (exact) mass is 448 g/mol. The standard InChI is InChI=1S/C19H14F6N2O2S/c1-2-30(28,29)14-10-15(12-5-3-6-13(9-12)18(20,21)22)17(26-11-14)16-7-4-8-27(16)19(23,24)25/h3-11H,2H2,1H3. The summed E-state index contributed by atoms with van der Waals surface area (Å²) in [4.78, 5) is 3.60. The highest BCUT2D eigenvalue weighted by Gasteiger charge is 2.34. The van der Waals surface area contributed by atoms with Gasteiger partial charge in [-0.1, -0.05) is 19.1 Å². The Balaban J connectivity index is 2.32. The van der Waals surface area contributed by atoms with Crippen molar-refractivity contribution in [3.8, 4) is 22.5 Å². The molecule has 2 aromatic heterocycles. The highest BCUT2D eigenvalue weighted by atomic mass is 32.2. The molecule has 11 heteroatoms. The summed E-state index contributed by atoms with van der Waals surface area (Å²) in [6, 6.07) is 7.14. The average Bonchev–Trinajstić information content (AvgIpc) is 3.17. The molecule has 30 heavy (non-hydrogen) atoms. The van der Waals surface area contributed by atoms with Gasteiger partial charge in [-0.15, -0.1) is 13.2 Å². The lowest BCUT2D eigenvalue weighted by atomic mass is 10.00. The molecule has 0 radical (unpaired) electrons. The molecular weight excluding hydrogens is 434 g/mol. The molecule has 3 aromatic rings. The molecule has 0 spiro atoms. The first-order valence-electron chi connectivity index (χ1n) is 8.50. The first kappa shape index (κ1) is 21.9. The lowest BCUT2D eigenvalue weighted by Crippen LogP contribution is -2.17. The Hall–Kier alpha value is -2.82. The van der Waals surface area contributed by atoms with Crippen molar-refractivity contribution in [1.29, 1.82) is 0 Å². The van der Waals surface area contributed by atoms with Crippen molar-refractivity contribution in [1.82, 2.24) is 9.55 Å². The number of pyridine rings is 1. The highest BCUT2D eigenvalue weighted by molar-refractivity contribution is 7.91. The second kappa shape index (κ2) is 7.46. The smallest absolute Gasteiger partial charge is 0.257 e. The summed E-state index contributed by atoms with van der Waals surface area (Å²) in [5, 5.41) is 0. The van der Waals surface area contributed by atoms with E-state index in [4.69, 9.17) is 0 Å². The summed E-state index contributed by atoms with van der Waals surface area (Å²) in [5.41, 5.74) is -2.04. The Bertz CT molecular complexity index is 1180. The first-order valence-corrected chi connectivity index (χ1v) is 10.1. The Morgan fingerprint density at radius 1 is 1.00 bits per heavy atom. The Kier molecular flexibility index (Phi) is 5.44. The van der Waals surface area contributed by atoms with E-state index in [1.54, 1.807) is 0 Å². The van der Waals surface area contributed by atoms with E-state index in [2.05, 4.69) is 4.98 Å². The number of benzene rings is 1. The normalized spacial score (nSPS) is 12.9. The van der Waals surface area contributed by atoms with Gasteiger partial charge in [0.25, 0.3) is 0 Å². The number of halogens is 6. The van der Waals surface area contributed by atoms with Gasteiger partial charge < -0.3 is 0 Å². The maximum atomic E-state index is 13.3. The van der Waals surface area contributed by atoms with Crippen molar-refractivity contribution in [2.75, 3.05) is 5.75 Å². The second-order valence-corrected chi connectivity index (χ2v) is 8.56. The molecule has 0 bridgehead atoms. The van der Waals surface area contributed by atoms with E-state index >= 15 is 0 Å². The van der Waals surface area contributed by atoms with Crippen LogP contribution >= 0.6 is 0 Å². The van der Waals surface area contributed by atoms with Gasteiger partial charge in [-0.25, -0.2) is 8.42 Å². The molecule has 1 aromatic carbocycles. The summed E-state index contributed by atoms with van der Waals surface area (Å²) in [6.45, 7) is 1.36. The Labute approximate surface area is 167 Å². The number of rotatable bonds is 4. The molecule has 0 aliphatic rings. The van der Waals surface area contributed by atoms with Gasteiger partial charge in [-0.2, -0.15) is 13.2 Å². The molecule has 2 heterocycles. The molecule has 0 amide bonds. The van der Waals surface area contributed by atoms with Crippen molar-refractivity contribution in [2.24, 2.45) is 0 Å². The number of aromatic nitrogens is 2. The van der Waals surface area contributed by atoms with E-state index in [9.17, 15) is 34.8 Å². The van der Waals surface area contributed by atoms with Crippen LogP contribution in [0.2, 0.25) is 0 Å². The second-order valence-electron chi connectivity index (χ2n) is 6.28. The van der Waals surface area contributed by atoms with Crippen LogP contribution < -0.4 is 0 Å². The molecule has 0 saturated heterocycles. The van der Waals surface area contributed by atoms with Crippen LogP contribution in [0, 0.1) is 0 Å². The maximum Gasteiger partial charge on any atom is 0.488 e. The Morgan fingerprint density at radius 2 is 1.70 bits per heavy atom. The van der Waals surface area contributed by atoms with Crippen molar-refractivity contribution in [3.63, 3.8) is 0 Å². The van der Waals surface area contributed by atoms with Crippen LogP contribution in [0.1, 0.15) is 12.5 Å². The predicted molar refractivity (Wildman–Crippen MR) is 97.1 cm³/mol. The summed E-state index contributed by atoms with van der Waals surface area (Å²) in [6.07, 6.45) is -7.86. The number of nitrogens with zero attached hydrogens (tertiary/aromatic N) is 2. The molecule has 4 nitrogen and oxygen atoms in total. The SMILES string of the molecule is CCS(=O)(=O)c1cnc(-c2cccn2C(F)(F)F)c(-c2cccc(C(F)(F)F)c2)c1. The predicted octanol–water partition coefficient (Wildman–Crippen LogP) is 5.51. The molecule has 0 aliphatic carbocycles. The quantitative estimate of drug-likeness (QED) is 0.495. The largest absolute Gasteiger partial charge is 0.488 e. The van der Waals surface area contributed by atoms with Gasteiger partial charge in [-0.05, 0) is 35.9 Å². The van der Waals surface area contributed by atoms with Crippen LogP contribution in [-0.4, -0.2) is 23.7 Å².